The number of rotatable bonds is 6. The van der Waals surface area contributed by atoms with Crippen LogP contribution in [0.15, 0.2) is 24.3 Å². The van der Waals surface area contributed by atoms with E-state index < -0.39 is 0 Å². The van der Waals surface area contributed by atoms with Crippen molar-refractivity contribution >= 4 is 28.8 Å². The van der Waals surface area contributed by atoms with Gasteiger partial charge in [-0.1, -0.05) is 19.1 Å². The molecule has 0 aromatic heterocycles. The molecule has 5 heteroatoms. The first kappa shape index (κ1) is 14.4. The summed E-state index contributed by atoms with van der Waals surface area (Å²) in [6.45, 7) is 3.08. The van der Waals surface area contributed by atoms with Crippen molar-refractivity contribution in [1.29, 1.82) is 0 Å². The number of amides is 1. The minimum Gasteiger partial charge on any atom is -0.389 e. The average molecular weight is 265 g/mol. The number of likely N-dealkylation sites (N-methyl/N-ethyl adjacent to an activating group) is 1. The van der Waals surface area contributed by atoms with Gasteiger partial charge in [-0.15, -0.1) is 0 Å². The molecule has 0 saturated carbocycles. The number of benzene rings is 1. The Balaban J connectivity index is 2.58. The first-order valence-electron chi connectivity index (χ1n) is 5.92. The number of carbonyl (C=O) groups is 1. The molecule has 0 fully saturated rings. The number of anilines is 1. The lowest BCUT2D eigenvalue weighted by atomic mass is 10.2. The molecule has 0 radical (unpaired) electrons. The SMILES string of the molecule is CCCNC(=O)CN(C)c1ccc(C(N)=S)cc1. The van der Waals surface area contributed by atoms with Gasteiger partial charge < -0.3 is 16.0 Å². The van der Waals surface area contributed by atoms with Gasteiger partial charge in [0, 0.05) is 24.8 Å². The van der Waals surface area contributed by atoms with E-state index in [4.69, 9.17) is 18.0 Å². The molecular weight excluding hydrogens is 246 g/mol. The van der Waals surface area contributed by atoms with Crippen molar-refractivity contribution in [2.75, 3.05) is 25.0 Å². The lowest BCUT2D eigenvalue weighted by molar-refractivity contribution is -0.119. The van der Waals surface area contributed by atoms with Crippen LogP contribution in [0.5, 0.6) is 0 Å². The fraction of sp³-hybridized carbons (Fsp3) is 0.385. The van der Waals surface area contributed by atoms with Crippen molar-refractivity contribution in [3.63, 3.8) is 0 Å². The number of hydrogen-bond acceptors (Lipinski definition) is 3. The van der Waals surface area contributed by atoms with E-state index in [-0.39, 0.29) is 5.91 Å². The summed E-state index contributed by atoms with van der Waals surface area (Å²) < 4.78 is 0. The Kier molecular flexibility index (Phi) is 5.58. The van der Waals surface area contributed by atoms with Crippen LogP contribution in [-0.2, 0) is 4.79 Å². The maximum absolute atomic E-state index is 11.6. The van der Waals surface area contributed by atoms with Gasteiger partial charge in [-0.2, -0.15) is 0 Å². The van der Waals surface area contributed by atoms with Crippen molar-refractivity contribution in [2.24, 2.45) is 5.73 Å². The Labute approximate surface area is 113 Å². The van der Waals surface area contributed by atoms with Gasteiger partial charge in [-0.3, -0.25) is 4.79 Å². The average Bonchev–Trinajstić information content (AvgIpc) is 2.36. The number of carbonyl (C=O) groups excluding carboxylic acids is 1. The summed E-state index contributed by atoms with van der Waals surface area (Å²) in [7, 11) is 1.88. The zero-order valence-electron chi connectivity index (χ0n) is 10.8. The quantitative estimate of drug-likeness (QED) is 0.761. The molecule has 0 bridgehead atoms. The second kappa shape index (κ2) is 6.96. The van der Waals surface area contributed by atoms with E-state index in [1.165, 1.54) is 0 Å². The summed E-state index contributed by atoms with van der Waals surface area (Å²) in [4.78, 5) is 13.8. The second-order valence-electron chi connectivity index (χ2n) is 4.12. The van der Waals surface area contributed by atoms with Crippen LogP contribution in [0, 0.1) is 0 Å². The van der Waals surface area contributed by atoms with Crippen molar-refractivity contribution in [3.05, 3.63) is 29.8 Å². The molecule has 1 amide bonds. The molecule has 0 aliphatic rings. The summed E-state index contributed by atoms with van der Waals surface area (Å²) in [5.41, 5.74) is 7.32. The summed E-state index contributed by atoms with van der Waals surface area (Å²) in [6.07, 6.45) is 0.943. The van der Waals surface area contributed by atoms with Crippen molar-refractivity contribution in [3.8, 4) is 0 Å². The number of nitrogens with zero attached hydrogens (tertiary/aromatic N) is 1. The molecule has 3 N–H and O–H groups in total. The van der Waals surface area contributed by atoms with Gasteiger partial charge >= 0.3 is 0 Å². The van der Waals surface area contributed by atoms with Gasteiger partial charge in [0.15, 0.2) is 0 Å². The minimum absolute atomic E-state index is 0.0257. The lowest BCUT2D eigenvalue weighted by Gasteiger charge is -2.19. The molecule has 1 aromatic rings. The molecule has 98 valence electrons. The lowest BCUT2D eigenvalue weighted by Crippen LogP contribution is -2.35. The van der Waals surface area contributed by atoms with E-state index in [1.54, 1.807) is 0 Å². The summed E-state index contributed by atoms with van der Waals surface area (Å²) >= 11 is 4.89. The number of nitrogens with two attached hydrogens (primary N) is 1. The Morgan fingerprint density at radius 2 is 2.00 bits per heavy atom. The van der Waals surface area contributed by atoms with Crippen molar-refractivity contribution in [2.45, 2.75) is 13.3 Å². The van der Waals surface area contributed by atoms with Crippen molar-refractivity contribution in [1.82, 2.24) is 5.32 Å². The van der Waals surface area contributed by atoms with E-state index in [2.05, 4.69) is 5.32 Å². The highest BCUT2D eigenvalue weighted by atomic mass is 32.1. The maximum atomic E-state index is 11.6. The van der Waals surface area contributed by atoms with E-state index in [0.29, 0.717) is 18.1 Å². The largest absolute Gasteiger partial charge is 0.389 e. The first-order chi connectivity index (χ1) is 8.54. The highest BCUT2D eigenvalue weighted by Crippen LogP contribution is 2.13. The van der Waals surface area contributed by atoms with Crippen LogP contribution in [0.2, 0.25) is 0 Å². The monoisotopic (exact) mass is 265 g/mol. The molecular formula is C13H19N3OS. The molecule has 4 nitrogen and oxygen atoms in total. The fourth-order valence-corrected chi connectivity index (χ4v) is 1.64. The van der Waals surface area contributed by atoms with Gasteiger partial charge in [-0.25, -0.2) is 0 Å². The molecule has 0 saturated heterocycles. The predicted molar refractivity (Wildman–Crippen MR) is 78.9 cm³/mol. The zero-order valence-corrected chi connectivity index (χ0v) is 11.6. The van der Waals surface area contributed by atoms with E-state index in [0.717, 1.165) is 17.7 Å². The summed E-state index contributed by atoms with van der Waals surface area (Å²) in [5, 5.41) is 2.84. The van der Waals surface area contributed by atoms with Gasteiger partial charge in [-0.05, 0) is 30.7 Å². The van der Waals surface area contributed by atoms with E-state index in [1.807, 2.05) is 43.1 Å². The van der Waals surface area contributed by atoms with E-state index in [9.17, 15) is 4.79 Å². The van der Waals surface area contributed by atoms with E-state index >= 15 is 0 Å². The molecule has 0 unspecified atom stereocenters. The molecule has 0 atom stereocenters. The molecule has 0 spiro atoms. The Morgan fingerprint density at radius 1 is 1.39 bits per heavy atom. The third-order valence-corrected chi connectivity index (χ3v) is 2.78. The second-order valence-corrected chi connectivity index (χ2v) is 4.56. The zero-order chi connectivity index (χ0) is 13.5. The van der Waals surface area contributed by atoms with Gasteiger partial charge in [0.05, 0.1) is 6.54 Å². The number of thiocarbonyl (C=S) groups is 1. The fourth-order valence-electron chi connectivity index (χ4n) is 1.51. The van der Waals surface area contributed by atoms with Crippen LogP contribution in [0.3, 0.4) is 0 Å². The smallest absolute Gasteiger partial charge is 0.239 e. The number of nitrogens with one attached hydrogen (secondary N) is 1. The third-order valence-electron chi connectivity index (χ3n) is 2.55. The van der Waals surface area contributed by atoms with Gasteiger partial charge in [0.1, 0.15) is 4.99 Å². The van der Waals surface area contributed by atoms with Crippen LogP contribution < -0.4 is 16.0 Å². The highest BCUT2D eigenvalue weighted by molar-refractivity contribution is 7.80. The van der Waals surface area contributed by atoms with Crippen LogP contribution >= 0.6 is 12.2 Å². The number of hydrogen-bond donors (Lipinski definition) is 2. The molecule has 0 aliphatic carbocycles. The molecule has 18 heavy (non-hydrogen) atoms. The topological polar surface area (TPSA) is 58.4 Å². The molecule has 0 heterocycles. The Bertz CT molecular complexity index is 417. The van der Waals surface area contributed by atoms with Crippen LogP contribution in [-0.4, -0.2) is 31.0 Å². The summed E-state index contributed by atoms with van der Waals surface area (Å²) in [5.74, 6) is 0.0257. The van der Waals surface area contributed by atoms with Gasteiger partial charge in [0.25, 0.3) is 0 Å². The maximum Gasteiger partial charge on any atom is 0.239 e. The standard InChI is InChI=1S/C13H19N3OS/c1-3-8-15-12(17)9-16(2)11-6-4-10(5-7-11)13(14)18/h4-7H,3,8-9H2,1-2H3,(H2,14,18)(H,15,17). The van der Waals surface area contributed by atoms with Crippen LogP contribution in [0.1, 0.15) is 18.9 Å². The van der Waals surface area contributed by atoms with Gasteiger partial charge in [0.2, 0.25) is 5.91 Å². The molecule has 0 aliphatic heterocycles. The third kappa shape index (κ3) is 4.33. The molecule has 1 rings (SSSR count). The van der Waals surface area contributed by atoms with Crippen molar-refractivity contribution < 1.29 is 4.79 Å². The van der Waals surface area contributed by atoms with Crippen LogP contribution in [0.25, 0.3) is 0 Å². The first-order valence-corrected chi connectivity index (χ1v) is 6.33. The molecule has 1 aromatic carbocycles. The normalized spacial score (nSPS) is 9.89. The Morgan fingerprint density at radius 3 is 2.50 bits per heavy atom. The highest BCUT2D eigenvalue weighted by Gasteiger charge is 2.06. The van der Waals surface area contributed by atoms with Crippen LogP contribution in [0.4, 0.5) is 5.69 Å². The summed E-state index contributed by atoms with van der Waals surface area (Å²) in [6, 6.07) is 7.53. The Hall–Kier alpha value is -1.62. The minimum atomic E-state index is 0.0257. The predicted octanol–water partition coefficient (Wildman–Crippen LogP) is 1.28.